The molecule has 0 aliphatic heterocycles. The fraction of sp³-hybridized carbons (Fsp3) is 0.895. The fourth-order valence-corrected chi connectivity index (χ4v) is 3.04. The predicted molar refractivity (Wildman–Crippen MR) is 97.3 cm³/mol. The first-order valence-corrected chi connectivity index (χ1v) is 9.67. The van der Waals surface area contributed by atoms with Gasteiger partial charge in [-0.1, -0.05) is 65.7 Å². The van der Waals surface area contributed by atoms with Crippen LogP contribution in [0.25, 0.3) is 0 Å². The van der Waals surface area contributed by atoms with Gasteiger partial charge in [0.15, 0.2) is 0 Å². The smallest absolute Gasteiger partial charge is 0.410 e. The third kappa shape index (κ3) is 7.10. The summed E-state index contributed by atoms with van der Waals surface area (Å²) >= 11 is 0. The van der Waals surface area contributed by atoms with Gasteiger partial charge in [-0.25, -0.2) is 9.59 Å². The zero-order valence-electron chi connectivity index (χ0n) is 16.1. The molecule has 0 unspecified atom stereocenters. The normalized spacial score (nSPS) is 11.3. The van der Waals surface area contributed by atoms with E-state index in [0.717, 1.165) is 51.4 Å². The van der Waals surface area contributed by atoms with Gasteiger partial charge in [0.05, 0.1) is 6.61 Å². The molecule has 142 valence electrons. The summed E-state index contributed by atoms with van der Waals surface area (Å²) in [5, 5.41) is 10.0. The summed E-state index contributed by atoms with van der Waals surface area (Å²) in [4.78, 5) is 26.3. The summed E-state index contributed by atoms with van der Waals surface area (Å²) in [6.07, 6.45) is 7.93. The number of hydrogen-bond acceptors (Lipinski definition) is 3. The van der Waals surface area contributed by atoms with Crippen LogP contribution in [0, 0.1) is 0 Å². The SMILES string of the molecule is CCCCCCN(C(=O)OCC)C(CCCC)(CCCC)C(=O)O. The average molecular weight is 344 g/mol. The number of carbonyl (C=O) groups is 2. The van der Waals surface area contributed by atoms with Crippen LogP contribution in [0.15, 0.2) is 0 Å². The number of carboxylic acid groups (broad SMARTS) is 1. The van der Waals surface area contributed by atoms with Gasteiger partial charge in [-0.3, -0.25) is 4.90 Å². The van der Waals surface area contributed by atoms with Crippen molar-refractivity contribution in [3.05, 3.63) is 0 Å². The van der Waals surface area contributed by atoms with Crippen molar-refractivity contribution < 1.29 is 19.4 Å². The molecule has 0 atom stereocenters. The zero-order valence-corrected chi connectivity index (χ0v) is 16.1. The van der Waals surface area contributed by atoms with Crippen LogP contribution < -0.4 is 0 Å². The zero-order chi connectivity index (χ0) is 18.4. The Morgan fingerprint density at radius 2 is 1.42 bits per heavy atom. The minimum atomic E-state index is -1.13. The Morgan fingerprint density at radius 1 is 0.875 bits per heavy atom. The predicted octanol–water partition coefficient (Wildman–Crippen LogP) is 5.23. The number of rotatable bonds is 14. The number of aliphatic carboxylic acids is 1. The van der Waals surface area contributed by atoms with Crippen molar-refractivity contribution in [3.8, 4) is 0 Å². The molecule has 0 heterocycles. The van der Waals surface area contributed by atoms with E-state index in [1.165, 1.54) is 4.90 Å². The van der Waals surface area contributed by atoms with E-state index in [1.54, 1.807) is 6.92 Å². The first-order chi connectivity index (χ1) is 11.5. The molecule has 5 heteroatoms. The fourth-order valence-electron chi connectivity index (χ4n) is 3.04. The maximum atomic E-state index is 12.5. The first-order valence-electron chi connectivity index (χ1n) is 9.67. The molecule has 0 aliphatic carbocycles. The van der Waals surface area contributed by atoms with Crippen molar-refractivity contribution in [2.24, 2.45) is 0 Å². The Bertz CT molecular complexity index is 349. The van der Waals surface area contributed by atoms with Crippen LogP contribution in [0.3, 0.4) is 0 Å². The summed E-state index contributed by atoms with van der Waals surface area (Å²) in [6, 6.07) is 0. The van der Waals surface area contributed by atoms with Crippen LogP contribution in [-0.4, -0.2) is 40.8 Å². The van der Waals surface area contributed by atoms with Crippen molar-refractivity contribution in [3.63, 3.8) is 0 Å². The van der Waals surface area contributed by atoms with E-state index in [0.29, 0.717) is 19.4 Å². The van der Waals surface area contributed by atoms with E-state index in [4.69, 9.17) is 4.74 Å². The molecule has 0 aromatic rings. The highest BCUT2D eigenvalue weighted by Crippen LogP contribution is 2.31. The monoisotopic (exact) mass is 343 g/mol. The number of unbranched alkanes of at least 4 members (excludes halogenated alkanes) is 5. The Kier molecular flexibility index (Phi) is 12.4. The molecule has 1 amide bonds. The largest absolute Gasteiger partial charge is 0.479 e. The lowest BCUT2D eigenvalue weighted by atomic mass is 9.85. The molecule has 0 aromatic carbocycles. The molecule has 5 nitrogen and oxygen atoms in total. The van der Waals surface area contributed by atoms with E-state index in [-0.39, 0.29) is 6.61 Å². The van der Waals surface area contributed by atoms with Gasteiger partial charge in [0.2, 0.25) is 0 Å². The standard InChI is InChI=1S/C19H37NO4/c1-5-9-12-13-16-20(18(23)24-8-4)19(17(21)22,14-10-6-2)15-11-7-3/h5-16H2,1-4H3,(H,21,22). The molecule has 0 radical (unpaired) electrons. The molecule has 0 aromatic heterocycles. The first kappa shape index (κ1) is 22.7. The van der Waals surface area contributed by atoms with E-state index in [9.17, 15) is 14.7 Å². The second-order valence-corrected chi connectivity index (χ2v) is 6.46. The van der Waals surface area contributed by atoms with Crippen LogP contribution in [0.5, 0.6) is 0 Å². The molecular weight excluding hydrogens is 306 g/mol. The number of carboxylic acids is 1. The van der Waals surface area contributed by atoms with Gasteiger partial charge in [-0.05, 0) is 26.2 Å². The number of ether oxygens (including phenoxy) is 1. The lowest BCUT2D eigenvalue weighted by Gasteiger charge is -2.40. The van der Waals surface area contributed by atoms with Crippen molar-refractivity contribution >= 4 is 12.1 Å². The van der Waals surface area contributed by atoms with Crippen molar-refractivity contribution in [2.45, 2.75) is 97.4 Å². The van der Waals surface area contributed by atoms with Crippen LogP contribution in [0.4, 0.5) is 4.79 Å². The average Bonchev–Trinajstić information content (AvgIpc) is 2.56. The number of carbonyl (C=O) groups excluding carboxylic acids is 1. The van der Waals surface area contributed by atoms with E-state index < -0.39 is 17.6 Å². The summed E-state index contributed by atoms with van der Waals surface area (Å²) in [6.45, 7) is 8.70. The van der Waals surface area contributed by atoms with E-state index >= 15 is 0 Å². The minimum Gasteiger partial charge on any atom is -0.479 e. The van der Waals surface area contributed by atoms with E-state index in [1.807, 2.05) is 13.8 Å². The van der Waals surface area contributed by atoms with Crippen LogP contribution in [0.1, 0.15) is 91.9 Å². The maximum Gasteiger partial charge on any atom is 0.410 e. The van der Waals surface area contributed by atoms with E-state index in [2.05, 4.69) is 6.92 Å². The number of amides is 1. The van der Waals surface area contributed by atoms with Crippen molar-refractivity contribution in [1.82, 2.24) is 4.90 Å². The van der Waals surface area contributed by atoms with Crippen LogP contribution in [-0.2, 0) is 9.53 Å². The molecule has 0 saturated carbocycles. The lowest BCUT2D eigenvalue weighted by Crippen LogP contribution is -2.57. The Balaban J connectivity index is 5.46. The van der Waals surface area contributed by atoms with Crippen molar-refractivity contribution in [1.29, 1.82) is 0 Å². The quantitative estimate of drug-likeness (QED) is 0.439. The highest BCUT2D eigenvalue weighted by atomic mass is 16.6. The second kappa shape index (κ2) is 13.1. The lowest BCUT2D eigenvalue weighted by molar-refractivity contribution is -0.152. The Morgan fingerprint density at radius 3 is 1.83 bits per heavy atom. The number of nitrogens with zero attached hydrogens (tertiary/aromatic N) is 1. The van der Waals surface area contributed by atoms with Gasteiger partial charge in [-0.2, -0.15) is 0 Å². The molecule has 1 N–H and O–H groups in total. The molecule has 0 saturated heterocycles. The van der Waals surface area contributed by atoms with Gasteiger partial charge in [-0.15, -0.1) is 0 Å². The van der Waals surface area contributed by atoms with Gasteiger partial charge >= 0.3 is 12.1 Å². The number of hydrogen-bond donors (Lipinski definition) is 1. The van der Waals surface area contributed by atoms with Crippen LogP contribution in [0.2, 0.25) is 0 Å². The third-order valence-corrected chi connectivity index (χ3v) is 4.53. The topological polar surface area (TPSA) is 66.8 Å². The summed E-state index contributed by atoms with van der Waals surface area (Å²) < 4.78 is 5.20. The highest BCUT2D eigenvalue weighted by Gasteiger charge is 2.46. The van der Waals surface area contributed by atoms with Gasteiger partial charge in [0.1, 0.15) is 5.54 Å². The van der Waals surface area contributed by atoms with Gasteiger partial charge in [0, 0.05) is 6.54 Å². The van der Waals surface area contributed by atoms with Crippen molar-refractivity contribution in [2.75, 3.05) is 13.2 Å². The Hall–Kier alpha value is -1.26. The highest BCUT2D eigenvalue weighted by molar-refractivity contribution is 5.84. The minimum absolute atomic E-state index is 0.265. The summed E-state index contributed by atoms with van der Waals surface area (Å²) in [7, 11) is 0. The van der Waals surface area contributed by atoms with Crippen LogP contribution >= 0.6 is 0 Å². The summed E-state index contributed by atoms with van der Waals surface area (Å²) in [5.41, 5.74) is -1.13. The molecule has 24 heavy (non-hydrogen) atoms. The van der Waals surface area contributed by atoms with Gasteiger partial charge < -0.3 is 9.84 Å². The van der Waals surface area contributed by atoms with Gasteiger partial charge in [0.25, 0.3) is 0 Å². The molecular formula is C19H37NO4. The molecule has 0 aliphatic rings. The maximum absolute atomic E-state index is 12.5. The molecule has 0 rings (SSSR count). The third-order valence-electron chi connectivity index (χ3n) is 4.53. The molecule has 0 fully saturated rings. The summed E-state index contributed by atoms with van der Waals surface area (Å²) in [5.74, 6) is -0.895. The Labute approximate surface area is 147 Å². The molecule has 0 bridgehead atoms. The second-order valence-electron chi connectivity index (χ2n) is 6.46. The molecule has 0 spiro atoms.